The number of nitrogens with zero attached hydrogens (tertiary/aromatic N) is 2. The molecule has 6 nitrogen and oxygen atoms in total. The van der Waals surface area contributed by atoms with Gasteiger partial charge < -0.3 is 15.9 Å². The zero-order valence-electron chi connectivity index (χ0n) is 15.2. The van der Waals surface area contributed by atoms with Crippen molar-refractivity contribution in [2.75, 3.05) is 11.1 Å². The predicted octanol–water partition coefficient (Wildman–Crippen LogP) is 3.39. The molecule has 3 N–H and O–H groups in total. The summed E-state index contributed by atoms with van der Waals surface area (Å²) in [6.07, 6.45) is 4.00. The van der Waals surface area contributed by atoms with Gasteiger partial charge in [-0.1, -0.05) is 29.4 Å². The van der Waals surface area contributed by atoms with Crippen LogP contribution in [-0.4, -0.2) is 22.7 Å². The van der Waals surface area contributed by atoms with Gasteiger partial charge in [0.25, 0.3) is 5.91 Å². The fourth-order valence-electron chi connectivity index (χ4n) is 3.02. The molecule has 2 aromatic carbocycles. The Morgan fingerprint density at radius 3 is 2.46 bits per heavy atom. The summed E-state index contributed by atoms with van der Waals surface area (Å²) in [5, 5.41) is 6.91. The molecule has 0 saturated heterocycles. The Morgan fingerprint density at radius 1 is 1.07 bits per heavy atom. The number of aromatic nitrogens is 1. The lowest BCUT2D eigenvalue weighted by Crippen LogP contribution is -2.28. The number of hydrogen-bond acceptors (Lipinski definition) is 5. The van der Waals surface area contributed by atoms with E-state index < -0.39 is 6.10 Å². The average molecular weight is 372 g/mol. The Kier molecular flexibility index (Phi) is 5.01. The van der Waals surface area contributed by atoms with Crippen LogP contribution in [0.25, 0.3) is 0 Å². The highest BCUT2D eigenvalue weighted by molar-refractivity contribution is 6.05. The molecule has 140 valence electrons. The highest BCUT2D eigenvalue weighted by Crippen LogP contribution is 2.19. The van der Waals surface area contributed by atoms with Gasteiger partial charge in [-0.25, -0.2) is 0 Å². The first kappa shape index (κ1) is 17.7. The van der Waals surface area contributed by atoms with E-state index in [2.05, 4.69) is 15.5 Å². The van der Waals surface area contributed by atoms with Crippen molar-refractivity contribution in [2.45, 2.75) is 18.9 Å². The molecule has 2 heterocycles. The van der Waals surface area contributed by atoms with Crippen LogP contribution in [0.2, 0.25) is 0 Å². The number of benzene rings is 2. The summed E-state index contributed by atoms with van der Waals surface area (Å²) in [4.78, 5) is 21.8. The quantitative estimate of drug-likeness (QED) is 0.672. The molecule has 1 unspecified atom stereocenters. The lowest BCUT2D eigenvalue weighted by molar-refractivity contribution is -0.125. The number of pyridine rings is 1. The molecule has 1 amide bonds. The first-order valence-corrected chi connectivity index (χ1v) is 9.05. The lowest BCUT2D eigenvalue weighted by atomic mass is 10.0. The Hall–Kier alpha value is -3.67. The number of nitrogens with one attached hydrogen (secondary N) is 1. The second kappa shape index (κ2) is 7.92. The number of oxime groups is 1. The summed E-state index contributed by atoms with van der Waals surface area (Å²) in [5.41, 5.74) is 11.1. The topological polar surface area (TPSA) is 89.6 Å². The summed E-state index contributed by atoms with van der Waals surface area (Å²) in [6.45, 7) is 0. The van der Waals surface area contributed by atoms with Crippen LogP contribution < -0.4 is 11.1 Å². The molecule has 0 saturated carbocycles. The molecular formula is C22H20N4O2. The number of amides is 1. The molecule has 0 fully saturated rings. The number of anilines is 2. The maximum Gasteiger partial charge on any atom is 0.268 e. The molecule has 1 aromatic heterocycles. The van der Waals surface area contributed by atoms with Gasteiger partial charge in [-0.15, -0.1) is 0 Å². The molecule has 0 aliphatic carbocycles. The van der Waals surface area contributed by atoms with Crippen LogP contribution in [0.3, 0.4) is 0 Å². The number of nitrogens with two attached hydrogens (primary N) is 1. The second-order valence-corrected chi connectivity index (χ2v) is 6.68. The van der Waals surface area contributed by atoms with Crippen molar-refractivity contribution < 1.29 is 9.63 Å². The molecule has 28 heavy (non-hydrogen) atoms. The first-order chi connectivity index (χ1) is 13.7. The average Bonchev–Trinajstić information content (AvgIpc) is 3.22. The van der Waals surface area contributed by atoms with Gasteiger partial charge in [-0.2, -0.15) is 0 Å². The van der Waals surface area contributed by atoms with Crippen molar-refractivity contribution in [1.82, 2.24) is 4.98 Å². The Balaban J connectivity index is 1.33. The van der Waals surface area contributed by atoms with Gasteiger partial charge in [0.05, 0.1) is 5.71 Å². The fourth-order valence-corrected chi connectivity index (χ4v) is 3.02. The van der Waals surface area contributed by atoms with Gasteiger partial charge in [0.2, 0.25) is 6.10 Å². The van der Waals surface area contributed by atoms with Crippen LogP contribution in [0.5, 0.6) is 0 Å². The largest absolute Gasteiger partial charge is 0.399 e. The third-order valence-electron chi connectivity index (χ3n) is 4.57. The van der Waals surface area contributed by atoms with Crippen LogP contribution in [0.15, 0.2) is 78.2 Å². The molecule has 4 rings (SSSR count). The number of rotatable bonds is 5. The van der Waals surface area contributed by atoms with E-state index in [1.165, 1.54) is 5.56 Å². The van der Waals surface area contributed by atoms with E-state index in [0.29, 0.717) is 6.42 Å². The Morgan fingerprint density at radius 2 is 1.79 bits per heavy atom. The van der Waals surface area contributed by atoms with Crippen molar-refractivity contribution in [3.63, 3.8) is 0 Å². The van der Waals surface area contributed by atoms with Crippen LogP contribution in [0, 0.1) is 0 Å². The Bertz CT molecular complexity index is 983. The van der Waals surface area contributed by atoms with Crippen LogP contribution in [0.4, 0.5) is 11.4 Å². The van der Waals surface area contributed by atoms with E-state index in [1.54, 1.807) is 12.4 Å². The molecule has 1 aliphatic rings. The van der Waals surface area contributed by atoms with Crippen LogP contribution in [0.1, 0.15) is 23.1 Å². The van der Waals surface area contributed by atoms with Crippen molar-refractivity contribution in [2.24, 2.45) is 5.16 Å². The maximum atomic E-state index is 12.5. The van der Waals surface area contributed by atoms with Crippen molar-refractivity contribution >= 4 is 23.0 Å². The summed E-state index contributed by atoms with van der Waals surface area (Å²) in [6, 6.07) is 19.3. The monoisotopic (exact) mass is 372 g/mol. The van der Waals surface area contributed by atoms with Crippen LogP contribution in [-0.2, 0) is 16.1 Å². The number of carbonyl (C=O) groups is 1. The maximum absolute atomic E-state index is 12.5. The molecule has 1 aliphatic heterocycles. The van der Waals surface area contributed by atoms with Crippen molar-refractivity contribution in [3.8, 4) is 0 Å². The fraction of sp³-hybridized carbons (Fsp3) is 0.136. The standard InChI is InChI=1S/C22H20N4O2/c23-18-7-3-15(4-8-18)12-16-5-9-19(10-6-16)25-22(27)21-13-20(26-28-21)17-2-1-11-24-14-17/h1-11,14,21H,12-13,23H2,(H,25,27). The van der Waals surface area contributed by atoms with E-state index in [-0.39, 0.29) is 5.91 Å². The third kappa shape index (κ3) is 4.17. The molecule has 0 bridgehead atoms. The second-order valence-electron chi connectivity index (χ2n) is 6.68. The van der Waals surface area contributed by atoms with E-state index in [9.17, 15) is 4.79 Å². The van der Waals surface area contributed by atoms with Gasteiger partial charge in [0.15, 0.2) is 0 Å². The highest BCUT2D eigenvalue weighted by atomic mass is 16.6. The zero-order valence-corrected chi connectivity index (χ0v) is 15.2. The minimum absolute atomic E-state index is 0.214. The normalized spacial score (nSPS) is 15.6. The highest BCUT2D eigenvalue weighted by Gasteiger charge is 2.29. The number of nitrogen functional groups attached to an aromatic ring is 1. The van der Waals surface area contributed by atoms with E-state index in [1.807, 2.05) is 60.7 Å². The predicted molar refractivity (Wildman–Crippen MR) is 109 cm³/mol. The summed E-state index contributed by atoms with van der Waals surface area (Å²) in [5.74, 6) is -0.214. The van der Waals surface area contributed by atoms with E-state index >= 15 is 0 Å². The van der Waals surface area contributed by atoms with E-state index in [0.717, 1.165) is 34.6 Å². The summed E-state index contributed by atoms with van der Waals surface area (Å²) < 4.78 is 0. The van der Waals surface area contributed by atoms with Crippen molar-refractivity contribution in [1.29, 1.82) is 0 Å². The Labute approximate surface area is 163 Å². The minimum Gasteiger partial charge on any atom is -0.399 e. The first-order valence-electron chi connectivity index (χ1n) is 9.05. The number of hydrogen-bond donors (Lipinski definition) is 2. The number of carbonyl (C=O) groups excluding carboxylic acids is 1. The van der Waals surface area contributed by atoms with Crippen LogP contribution >= 0.6 is 0 Å². The molecular weight excluding hydrogens is 352 g/mol. The summed E-state index contributed by atoms with van der Waals surface area (Å²) in [7, 11) is 0. The smallest absolute Gasteiger partial charge is 0.268 e. The molecule has 0 radical (unpaired) electrons. The van der Waals surface area contributed by atoms with Gasteiger partial charge >= 0.3 is 0 Å². The minimum atomic E-state index is -0.635. The molecule has 1 atom stereocenters. The van der Waals surface area contributed by atoms with Gasteiger partial charge in [0, 0.05) is 35.8 Å². The summed E-state index contributed by atoms with van der Waals surface area (Å²) >= 11 is 0. The van der Waals surface area contributed by atoms with E-state index in [4.69, 9.17) is 10.6 Å². The molecule has 6 heteroatoms. The van der Waals surface area contributed by atoms with Crippen molar-refractivity contribution in [3.05, 3.63) is 89.7 Å². The van der Waals surface area contributed by atoms with Gasteiger partial charge in [-0.3, -0.25) is 9.78 Å². The van der Waals surface area contributed by atoms with Gasteiger partial charge in [0.1, 0.15) is 0 Å². The SMILES string of the molecule is Nc1ccc(Cc2ccc(NC(=O)C3CC(c4cccnc4)=NO3)cc2)cc1. The molecule has 0 spiro atoms. The lowest BCUT2D eigenvalue weighted by Gasteiger charge is -2.10. The third-order valence-corrected chi connectivity index (χ3v) is 4.57. The molecule has 3 aromatic rings. The van der Waals surface area contributed by atoms with Gasteiger partial charge in [-0.05, 0) is 53.9 Å². The zero-order chi connectivity index (χ0) is 19.3.